The van der Waals surface area contributed by atoms with Gasteiger partial charge in [-0.25, -0.2) is 0 Å². The van der Waals surface area contributed by atoms with Crippen LogP contribution >= 0.6 is 0 Å². The number of primary amides is 1. The van der Waals surface area contributed by atoms with E-state index in [2.05, 4.69) is 10.2 Å². The van der Waals surface area contributed by atoms with Gasteiger partial charge in [-0.2, -0.15) is 13.2 Å². The molecule has 2 heterocycles. The summed E-state index contributed by atoms with van der Waals surface area (Å²) >= 11 is 0. The third-order valence-corrected chi connectivity index (χ3v) is 6.56. The molecule has 2 aliphatic heterocycles. The van der Waals surface area contributed by atoms with Crippen molar-refractivity contribution in [2.45, 2.75) is 38.3 Å². The maximum absolute atomic E-state index is 12.9. The van der Waals surface area contributed by atoms with Gasteiger partial charge in [0, 0.05) is 38.2 Å². The molecule has 34 heavy (non-hydrogen) atoms. The Kier molecular flexibility index (Phi) is 8.34. The number of nitrogens with zero attached hydrogens (tertiary/aromatic N) is 3. The van der Waals surface area contributed by atoms with Crippen LogP contribution in [0.5, 0.6) is 0 Å². The van der Waals surface area contributed by atoms with Crippen LogP contribution in [0, 0.1) is 22.0 Å². The van der Waals surface area contributed by atoms with Gasteiger partial charge in [-0.3, -0.25) is 19.7 Å². The van der Waals surface area contributed by atoms with Gasteiger partial charge in [-0.1, -0.05) is 0 Å². The maximum Gasteiger partial charge on any atom is 0.416 e. The number of halogens is 3. The Morgan fingerprint density at radius 1 is 1.15 bits per heavy atom. The molecule has 0 aromatic heterocycles. The number of benzene rings is 1. The Balaban J connectivity index is 1.45. The van der Waals surface area contributed by atoms with E-state index in [1.165, 1.54) is 0 Å². The van der Waals surface area contributed by atoms with E-state index in [-0.39, 0.29) is 29.3 Å². The largest absolute Gasteiger partial charge is 0.416 e. The normalized spacial score (nSPS) is 20.2. The number of alkyl halides is 3. The first-order chi connectivity index (χ1) is 16.1. The molecule has 0 bridgehead atoms. The van der Waals surface area contributed by atoms with Crippen molar-refractivity contribution in [2.75, 3.05) is 44.2 Å². The number of likely N-dealkylation sites (tertiary alicyclic amines) is 1. The molecule has 0 saturated carbocycles. The lowest BCUT2D eigenvalue weighted by atomic mass is 9.95. The van der Waals surface area contributed by atoms with E-state index in [9.17, 15) is 32.9 Å². The van der Waals surface area contributed by atoms with Gasteiger partial charge in [0.05, 0.1) is 16.4 Å². The van der Waals surface area contributed by atoms with Crippen LogP contribution in [0.2, 0.25) is 0 Å². The summed E-state index contributed by atoms with van der Waals surface area (Å²) in [5.74, 6) is -0.728. The second-order valence-corrected chi connectivity index (χ2v) is 8.91. The van der Waals surface area contributed by atoms with Gasteiger partial charge < -0.3 is 20.9 Å². The number of rotatable bonds is 8. The molecule has 3 N–H and O–H groups in total. The first-order valence-electron chi connectivity index (χ1n) is 11.5. The number of nitrogens with one attached hydrogen (secondary N) is 1. The molecule has 12 heteroatoms. The Morgan fingerprint density at radius 2 is 1.85 bits per heavy atom. The molecule has 2 fully saturated rings. The van der Waals surface area contributed by atoms with Gasteiger partial charge in [0.2, 0.25) is 11.8 Å². The fourth-order valence-electron chi connectivity index (χ4n) is 4.65. The van der Waals surface area contributed by atoms with Crippen molar-refractivity contribution in [1.29, 1.82) is 0 Å². The molecule has 2 amide bonds. The Morgan fingerprint density at radius 3 is 2.47 bits per heavy atom. The molecular formula is C22H30F3N5O4. The molecule has 0 spiro atoms. The number of nitro groups is 1. The molecule has 0 radical (unpaired) electrons. The van der Waals surface area contributed by atoms with Crippen LogP contribution < -0.4 is 16.0 Å². The molecule has 9 nitrogen and oxygen atoms in total. The number of amides is 2. The molecule has 188 valence electrons. The number of anilines is 1. The minimum atomic E-state index is -4.66. The number of nitro benzene ring substituents is 1. The van der Waals surface area contributed by atoms with Gasteiger partial charge in [-0.05, 0) is 57.3 Å². The van der Waals surface area contributed by atoms with E-state index >= 15 is 0 Å². The highest BCUT2D eigenvalue weighted by Crippen LogP contribution is 2.37. The van der Waals surface area contributed by atoms with Crippen molar-refractivity contribution < 1.29 is 27.7 Å². The molecule has 0 aliphatic carbocycles. The fourth-order valence-corrected chi connectivity index (χ4v) is 4.65. The molecule has 2 aliphatic rings. The molecular weight excluding hydrogens is 455 g/mol. The van der Waals surface area contributed by atoms with Crippen LogP contribution in [-0.2, 0) is 15.8 Å². The minimum Gasteiger partial charge on any atom is -0.369 e. The Hall–Kier alpha value is -2.89. The Bertz CT molecular complexity index is 903. The monoisotopic (exact) mass is 485 g/mol. The summed E-state index contributed by atoms with van der Waals surface area (Å²) in [6.45, 7) is 3.50. The summed E-state index contributed by atoms with van der Waals surface area (Å²) < 4.78 is 38.8. The van der Waals surface area contributed by atoms with Crippen molar-refractivity contribution in [3.63, 3.8) is 0 Å². The van der Waals surface area contributed by atoms with Crippen molar-refractivity contribution >= 4 is 23.2 Å². The van der Waals surface area contributed by atoms with E-state index in [0.29, 0.717) is 45.1 Å². The van der Waals surface area contributed by atoms with Crippen molar-refractivity contribution in [2.24, 2.45) is 17.6 Å². The molecule has 1 atom stereocenters. The fraction of sp³-hybridized carbons (Fsp3) is 0.636. The second-order valence-electron chi connectivity index (χ2n) is 8.91. The summed E-state index contributed by atoms with van der Waals surface area (Å²) in [5.41, 5.74) is 3.88. The highest BCUT2D eigenvalue weighted by Gasteiger charge is 2.35. The molecule has 1 aromatic carbocycles. The smallest absolute Gasteiger partial charge is 0.369 e. The minimum absolute atomic E-state index is 0.0878. The third kappa shape index (κ3) is 6.58. The highest BCUT2D eigenvalue weighted by atomic mass is 19.4. The standard InChI is InChI=1S/C22H30F3N5O4/c23-22(24,25)17-4-5-18(19(13-17)30(33)34)29-11-6-15(7-12-29)21(32)27-8-2-10-28-9-1-3-16(14-28)20(26)31/h4-5,13,15-16H,1-3,6-12,14H2,(H2,26,31)(H,27,32). The highest BCUT2D eigenvalue weighted by molar-refractivity contribution is 5.79. The van der Waals surface area contributed by atoms with E-state index in [1.54, 1.807) is 4.90 Å². The second kappa shape index (κ2) is 11.0. The lowest BCUT2D eigenvalue weighted by Crippen LogP contribution is -2.43. The van der Waals surface area contributed by atoms with Gasteiger partial charge in [-0.15, -0.1) is 0 Å². The zero-order valence-corrected chi connectivity index (χ0v) is 18.9. The number of hydrogen-bond donors (Lipinski definition) is 2. The lowest BCUT2D eigenvalue weighted by Gasteiger charge is -2.33. The summed E-state index contributed by atoms with van der Waals surface area (Å²) in [6.07, 6.45) is -1.26. The predicted molar refractivity (Wildman–Crippen MR) is 119 cm³/mol. The van der Waals surface area contributed by atoms with Crippen molar-refractivity contribution in [1.82, 2.24) is 10.2 Å². The average molecular weight is 486 g/mol. The average Bonchev–Trinajstić information content (AvgIpc) is 2.81. The molecule has 2 saturated heterocycles. The van der Waals surface area contributed by atoms with Gasteiger partial charge >= 0.3 is 6.18 Å². The number of piperidine rings is 2. The summed E-state index contributed by atoms with van der Waals surface area (Å²) in [6, 6.07) is 2.53. The van der Waals surface area contributed by atoms with E-state index in [0.717, 1.165) is 44.5 Å². The van der Waals surface area contributed by atoms with Gasteiger partial charge in [0.25, 0.3) is 5.69 Å². The van der Waals surface area contributed by atoms with Crippen LogP contribution in [0.15, 0.2) is 18.2 Å². The molecule has 1 unspecified atom stereocenters. The van der Waals surface area contributed by atoms with Gasteiger partial charge in [0.15, 0.2) is 0 Å². The van der Waals surface area contributed by atoms with Gasteiger partial charge in [0.1, 0.15) is 5.69 Å². The molecule has 3 rings (SSSR count). The Labute approximate surface area is 195 Å². The number of carbonyl (C=O) groups excluding carboxylic acids is 2. The maximum atomic E-state index is 12.9. The molecule has 1 aromatic rings. The predicted octanol–water partition coefficient (Wildman–Crippen LogP) is 2.53. The van der Waals surface area contributed by atoms with E-state index in [4.69, 9.17) is 5.73 Å². The lowest BCUT2D eigenvalue weighted by molar-refractivity contribution is -0.384. The van der Waals surface area contributed by atoms with Crippen LogP contribution in [0.4, 0.5) is 24.5 Å². The number of carbonyl (C=O) groups is 2. The number of hydrogen-bond acceptors (Lipinski definition) is 6. The summed E-state index contributed by atoms with van der Waals surface area (Å²) in [5, 5.41) is 14.3. The topological polar surface area (TPSA) is 122 Å². The van der Waals surface area contributed by atoms with Crippen molar-refractivity contribution in [3.8, 4) is 0 Å². The van der Waals surface area contributed by atoms with Crippen LogP contribution in [-0.4, -0.2) is 60.9 Å². The summed E-state index contributed by atoms with van der Waals surface area (Å²) in [4.78, 5) is 38.3. The van der Waals surface area contributed by atoms with Crippen molar-refractivity contribution in [3.05, 3.63) is 33.9 Å². The van der Waals surface area contributed by atoms with E-state index < -0.39 is 22.4 Å². The number of nitrogens with two attached hydrogens (primary N) is 1. The zero-order valence-electron chi connectivity index (χ0n) is 18.9. The van der Waals surface area contributed by atoms with Crippen LogP contribution in [0.1, 0.15) is 37.7 Å². The first kappa shape index (κ1) is 25.7. The quantitative estimate of drug-likeness (QED) is 0.332. The third-order valence-electron chi connectivity index (χ3n) is 6.56. The zero-order chi connectivity index (χ0) is 24.9. The van der Waals surface area contributed by atoms with Crippen LogP contribution in [0.25, 0.3) is 0 Å². The van der Waals surface area contributed by atoms with E-state index in [1.807, 2.05) is 0 Å². The first-order valence-corrected chi connectivity index (χ1v) is 11.5. The SMILES string of the molecule is NC(=O)C1CCCN(CCCNC(=O)C2CCN(c3ccc(C(F)(F)F)cc3[N+](=O)[O-])CC2)C1. The summed E-state index contributed by atoms with van der Waals surface area (Å²) in [7, 11) is 0. The van der Waals surface area contributed by atoms with Crippen LogP contribution in [0.3, 0.4) is 0 Å².